The molecule has 138 valence electrons. The van der Waals surface area contributed by atoms with Crippen LogP contribution in [0.25, 0.3) is 11.4 Å². The van der Waals surface area contributed by atoms with Crippen molar-refractivity contribution in [2.75, 3.05) is 0 Å². The molecule has 2 aromatic heterocycles. The SMILES string of the molecule is CC(C)Cn1nnnc1SCc1nc(-c2cccc(C(F)(F)F)c2)no1. The number of aromatic nitrogens is 6. The van der Waals surface area contributed by atoms with E-state index in [1.807, 2.05) is 0 Å². The summed E-state index contributed by atoms with van der Waals surface area (Å²) < 4.78 is 45.2. The number of thioether (sulfide) groups is 1. The third-order valence-corrected chi connectivity index (χ3v) is 4.22. The molecule has 0 saturated heterocycles. The summed E-state index contributed by atoms with van der Waals surface area (Å²) in [5.41, 5.74) is -0.520. The predicted molar refractivity (Wildman–Crippen MR) is 87.0 cm³/mol. The number of halogens is 3. The van der Waals surface area contributed by atoms with Gasteiger partial charge in [-0.3, -0.25) is 0 Å². The Labute approximate surface area is 151 Å². The van der Waals surface area contributed by atoms with Crippen LogP contribution in [0, 0.1) is 5.92 Å². The molecule has 0 saturated carbocycles. The van der Waals surface area contributed by atoms with Crippen LogP contribution in [0.2, 0.25) is 0 Å². The molecule has 0 amide bonds. The predicted octanol–water partition coefficient (Wildman–Crippen LogP) is 3.69. The Balaban J connectivity index is 1.70. The second-order valence-electron chi connectivity index (χ2n) is 5.92. The summed E-state index contributed by atoms with van der Waals surface area (Å²) in [7, 11) is 0. The van der Waals surface area contributed by atoms with Crippen molar-refractivity contribution in [3.63, 3.8) is 0 Å². The van der Waals surface area contributed by atoms with E-state index in [0.717, 1.165) is 12.1 Å². The van der Waals surface area contributed by atoms with Crippen LogP contribution in [0.5, 0.6) is 0 Å². The van der Waals surface area contributed by atoms with Gasteiger partial charge in [0.25, 0.3) is 0 Å². The van der Waals surface area contributed by atoms with E-state index in [9.17, 15) is 13.2 Å². The minimum atomic E-state index is -4.42. The lowest BCUT2D eigenvalue weighted by molar-refractivity contribution is -0.137. The Morgan fingerprint density at radius 1 is 1.27 bits per heavy atom. The van der Waals surface area contributed by atoms with Crippen LogP contribution in [-0.4, -0.2) is 30.3 Å². The van der Waals surface area contributed by atoms with E-state index in [4.69, 9.17) is 4.52 Å². The monoisotopic (exact) mass is 384 g/mol. The van der Waals surface area contributed by atoms with Crippen molar-refractivity contribution in [3.05, 3.63) is 35.7 Å². The van der Waals surface area contributed by atoms with Crippen LogP contribution in [-0.2, 0) is 18.5 Å². The molecule has 0 spiro atoms. The second kappa shape index (κ2) is 7.44. The smallest absolute Gasteiger partial charge is 0.338 e. The summed E-state index contributed by atoms with van der Waals surface area (Å²) in [5.74, 6) is 1.08. The number of hydrogen-bond donors (Lipinski definition) is 0. The first-order chi connectivity index (χ1) is 12.3. The Kier molecular flexibility index (Phi) is 5.25. The van der Waals surface area contributed by atoms with Gasteiger partial charge in [-0.1, -0.05) is 42.9 Å². The van der Waals surface area contributed by atoms with Gasteiger partial charge in [0.1, 0.15) is 0 Å². The number of hydrogen-bond acceptors (Lipinski definition) is 7. The van der Waals surface area contributed by atoms with E-state index in [-0.39, 0.29) is 17.3 Å². The van der Waals surface area contributed by atoms with E-state index in [0.29, 0.717) is 23.4 Å². The molecular weight excluding hydrogens is 369 g/mol. The van der Waals surface area contributed by atoms with Crippen molar-refractivity contribution in [1.82, 2.24) is 30.3 Å². The van der Waals surface area contributed by atoms with E-state index in [1.165, 1.54) is 23.9 Å². The summed E-state index contributed by atoms with van der Waals surface area (Å²) in [6, 6.07) is 4.79. The number of tetrazole rings is 1. The quantitative estimate of drug-likeness (QED) is 0.600. The molecule has 0 fully saturated rings. The van der Waals surface area contributed by atoms with Crippen LogP contribution < -0.4 is 0 Å². The zero-order chi connectivity index (χ0) is 18.7. The fraction of sp³-hybridized carbons (Fsp3) is 0.400. The summed E-state index contributed by atoms with van der Waals surface area (Å²) in [4.78, 5) is 4.15. The van der Waals surface area contributed by atoms with Crippen molar-refractivity contribution < 1.29 is 17.7 Å². The highest BCUT2D eigenvalue weighted by atomic mass is 32.2. The van der Waals surface area contributed by atoms with Gasteiger partial charge >= 0.3 is 6.18 Å². The fourth-order valence-corrected chi connectivity index (χ4v) is 2.88. The summed E-state index contributed by atoms with van der Waals surface area (Å²) in [6.07, 6.45) is -4.42. The van der Waals surface area contributed by atoms with E-state index >= 15 is 0 Å². The average Bonchev–Trinajstić information content (AvgIpc) is 3.21. The minimum absolute atomic E-state index is 0.105. The Hall–Kier alpha value is -2.43. The van der Waals surface area contributed by atoms with E-state index < -0.39 is 11.7 Å². The maximum Gasteiger partial charge on any atom is 0.416 e. The Morgan fingerprint density at radius 2 is 2.08 bits per heavy atom. The van der Waals surface area contributed by atoms with Crippen LogP contribution in [0.4, 0.5) is 13.2 Å². The highest BCUT2D eigenvalue weighted by Crippen LogP contribution is 2.31. The van der Waals surface area contributed by atoms with E-state index in [2.05, 4.69) is 39.5 Å². The molecule has 1 aromatic carbocycles. The first-order valence-corrected chi connectivity index (χ1v) is 8.70. The molecule has 0 aliphatic carbocycles. The van der Waals surface area contributed by atoms with Crippen LogP contribution in [0.3, 0.4) is 0 Å². The van der Waals surface area contributed by atoms with Crippen molar-refractivity contribution in [3.8, 4) is 11.4 Å². The third kappa shape index (κ3) is 4.40. The molecule has 0 radical (unpaired) electrons. The molecule has 0 unspecified atom stereocenters. The molecule has 26 heavy (non-hydrogen) atoms. The van der Waals surface area contributed by atoms with Crippen LogP contribution >= 0.6 is 11.8 Å². The Bertz CT molecular complexity index is 876. The fourth-order valence-electron chi connectivity index (χ4n) is 2.15. The van der Waals surface area contributed by atoms with Gasteiger partial charge in [-0.05, 0) is 28.5 Å². The van der Waals surface area contributed by atoms with Crippen LogP contribution in [0.1, 0.15) is 25.3 Å². The molecule has 11 heteroatoms. The molecule has 0 N–H and O–H groups in total. The highest BCUT2D eigenvalue weighted by molar-refractivity contribution is 7.98. The number of benzene rings is 1. The lowest BCUT2D eigenvalue weighted by Gasteiger charge is -2.06. The summed E-state index contributed by atoms with van der Waals surface area (Å²) in [5, 5.41) is 15.9. The maximum absolute atomic E-state index is 12.8. The highest BCUT2D eigenvalue weighted by Gasteiger charge is 2.30. The molecule has 7 nitrogen and oxygen atoms in total. The minimum Gasteiger partial charge on any atom is -0.338 e. The van der Waals surface area contributed by atoms with Crippen molar-refractivity contribution in [2.45, 2.75) is 37.5 Å². The third-order valence-electron chi connectivity index (χ3n) is 3.28. The van der Waals surface area contributed by atoms with E-state index in [1.54, 1.807) is 4.68 Å². The average molecular weight is 384 g/mol. The van der Waals surface area contributed by atoms with Gasteiger partial charge in [0, 0.05) is 12.1 Å². The molecule has 3 rings (SSSR count). The number of alkyl halides is 3. The molecule has 2 heterocycles. The largest absolute Gasteiger partial charge is 0.416 e. The zero-order valence-electron chi connectivity index (χ0n) is 13.9. The molecule has 0 bridgehead atoms. The normalized spacial score (nSPS) is 12.1. The number of rotatable bonds is 6. The molecule has 0 aliphatic heterocycles. The molecule has 0 aliphatic rings. The Morgan fingerprint density at radius 3 is 2.81 bits per heavy atom. The first kappa shape index (κ1) is 18.4. The van der Waals surface area contributed by atoms with Gasteiger partial charge in [-0.2, -0.15) is 18.2 Å². The second-order valence-corrected chi connectivity index (χ2v) is 6.86. The lowest BCUT2D eigenvalue weighted by Crippen LogP contribution is -2.07. The topological polar surface area (TPSA) is 82.5 Å². The van der Waals surface area contributed by atoms with Crippen LogP contribution in [0.15, 0.2) is 33.9 Å². The molecule has 3 aromatic rings. The standard InChI is InChI=1S/C15H15F3N6OS/c1-9(2)7-24-14(20-22-23-24)26-8-12-19-13(21-25-12)10-4-3-5-11(6-10)15(16,17)18/h3-6,9H,7-8H2,1-2H3. The zero-order valence-corrected chi connectivity index (χ0v) is 14.8. The lowest BCUT2D eigenvalue weighted by atomic mass is 10.1. The van der Waals surface area contributed by atoms with Crippen molar-refractivity contribution in [1.29, 1.82) is 0 Å². The first-order valence-electron chi connectivity index (χ1n) is 7.72. The van der Waals surface area contributed by atoms with Gasteiger partial charge in [0.05, 0.1) is 11.3 Å². The van der Waals surface area contributed by atoms with Crippen molar-refractivity contribution in [2.24, 2.45) is 5.92 Å². The molecular formula is C15H15F3N6OS. The number of nitrogens with zero attached hydrogens (tertiary/aromatic N) is 6. The van der Waals surface area contributed by atoms with Gasteiger partial charge in [0.15, 0.2) is 0 Å². The summed E-state index contributed by atoms with van der Waals surface area (Å²) in [6.45, 7) is 4.78. The van der Waals surface area contributed by atoms with Gasteiger partial charge < -0.3 is 4.52 Å². The maximum atomic E-state index is 12.8. The molecule has 0 atom stereocenters. The van der Waals surface area contributed by atoms with Gasteiger partial charge in [-0.25, -0.2) is 4.68 Å². The van der Waals surface area contributed by atoms with Crippen molar-refractivity contribution >= 4 is 11.8 Å². The van der Waals surface area contributed by atoms with Gasteiger partial charge in [-0.15, -0.1) is 5.10 Å². The summed E-state index contributed by atoms with van der Waals surface area (Å²) >= 11 is 1.32. The van der Waals surface area contributed by atoms with Gasteiger partial charge in [0.2, 0.25) is 16.9 Å².